The molecule has 0 aliphatic carbocycles. The molecule has 4 N–H and O–H groups in total. The van der Waals surface area contributed by atoms with E-state index >= 15 is 0 Å². The Hall–Kier alpha value is -2.30. The number of rotatable bonds is 2. The lowest BCUT2D eigenvalue weighted by Crippen LogP contribution is -2.01. The largest absolute Gasteiger partial charge is 0.476 e. The topological polar surface area (TPSA) is 92.0 Å². The Morgan fingerprint density at radius 3 is 2.65 bits per heavy atom. The van der Waals surface area contributed by atoms with Crippen LogP contribution in [0.4, 0.5) is 5.69 Å². The van der Waals surface area contributed by atoms with E-state index in [9.17, 15) is 4.79 Å². The van der Waals surface area contributed by atoms with Gasteiger partial charge < -0.3 is 10.8 Å². The highest BCUT2D eigenvalue weighted by atomic mass is 16.4. The zero-order valence-electron chi connectivity index (χ0n) is 9.61. The SMILES string of the molecule is Cc1ccc(-c2n[nH]c(C(=O)O)c2N)c(C)c1. The summed E-state index contributed by atoms with van der Waals surface area (Å²) < 4.78 is 0. The van der Waals surface area contributed by atoms with Gasteiger partial charge >= 0.3 is 5.97 Å². The van der Waals surface area contributed by atoms with E-state index in [2.05, 4.69) is 10.2 Å². The predicted octanol–water partition coefficient (Wildman–Crippen LogP) is 1.97. The number of hydrogen-bond donors (Lipinski definition) is 3. The molecule has 0 saturated carbocycles. The molecule has 88 valence electrons. The molecule has 5 nitrogen and oxygen atoms in total. The van der Waals surface area contributed by atoms with Gasteiger partial charge in [-0.2, -0.15) is 5.10 Å². The van der Waals surface area contributed by atoms with Crippen molar-refractivity contribution in [3.05, 3.63) is 35.0 Å². The van der Waals surface area contributed by atoms with Crippen LogP contribution < -0.4 is 5.73 Å². The number of hydrogen-bond acceptors (Lipinski definition) is 3. The van der Waals surface area contributed by atoms with Crippen LogP contribution in [0.2, 0.25) is 0 Å². The molecule has 2 aromatic rings. The van der Waals surface area contributed by atoms with Crippen LogP contribution >= 0.6 is 0 Å². The molecule has 0 bridgehead atoms. The van der Waals surface area contributed by atoms with Crippen molar-refractivity contribution in [2.24, 2.45) is 0 Å². The number of nitrogens with two attached hydrogens (primary N) is 1. The summed E-state index contributed by atoms with van der Waals surface area (Å²) in [5, 5.41) is 15.3. The molecule has 0 aliphatic heterocycles. The van der Waals surface area contributed by atoms with Crippen molar-refractivity contribution >= 4 is 11.7 Å². The Morgan fingerprint density at radius 2 is 2.12 bits per heavy atom. The summed E-state index contributed by atoms with van der Waals surface area (Å²) in [7, 11) is 0. The normalized spacial score (nSPS) is 10.5. The van der Waals surface area contributed by atoms with Gasteiger partial charge in [0.15, 0.2) is 5.69 Å². The van der Waals surface area contributed by atoms with Gasteiger partial charge in [-0.1, -0.05) is 23.8 Å². The molecule has 0 aliphatic rings. The van der Waals surface area contributed by atoms with E-state index in [1.54, 1.807) is 0 Å². The summed E-state index contributed by atoms with van der Waals surface area (Å²) in [5.74, 6) is -1.11. The van der Waals surface area contributed by atoms with Gasteiger partial charge in [0.05, 0.1) is 5.69 Å². The first-order valence-electron chi connectivity index (χ1n) is 5.15. The highest BCUT2D eigenvalue weighted by Crippen LogP contribution is 2.29. The van der Waals surface area contributed by atoms with Gasteiger partial charge in [-0.3, -0.25) is 5.10 Å². The lowest BCUT2D eigenvalue weighted by molar-refractivity contribution is 0.0691. The molecule has 17 heavy (non-hydrogen) atoms. The molecular formula is C12H13N3O2. The summed E-state index contributed by atoms with van der Waals surface area (Å²) in [4.78, 5) is 10.9. The molecule has 2 rings (SSSR count). The number of H-pyrrole nitrogens is 1. The van der Waals surface area contributed by atoms with Crippen LogP contribution in [0.3, 0.4) is 0 Å². The van der Waals surface area contributed by atoms with Crippen LogP contribution in [0, 0.1) is 13.8 Å². The summed E-state index contributed by atoms with van der Waals surface area (Å²) in [6, 6.07) is 5.84. The maximum Gasteiger partial charge on any atom is 0.356 e. The molecule has 0 unspecified atom stereocenters. The number of nitrogens with one attached hydrogen (secondary N) is 1. The molecule has 0 radical (unpaired) electrons. The van der Waals surface area contributed by atoms with Crippen LogP contribution in [0.1, 0.15) is 21.6 Å². The van der Waals surface area contributed by atoms with Crippen molar-refractivity contribution in [3.8, 4) is 11.3 Å². The van der Waals surface area contributed by atoms with Crippen molar-refractivity contribution in [1.29, 1.82) is 0 Å². The number of nitrogen functional groups attached to an aromatic ring is 1. The van der Waals surface area contributed by atoms with E-state index in [4.69, 9.17) is 10.8 Å². The third-order valence-corrected chi connectivity index (χ3v) is 2.65. The third kappa shape index (κ3) is 1.87. The average molecular weight is 231 g/mol. The first-order chi connectivity index (χ1) is 8.00. The summed E-state index contributed by atoms with van der Waals surface area (Å²) >= 11 is 0. The second-order valence-corrected chi connectivity index (χ2v) is 3.98. The second kappa shape index (κ2) is 3.93. The molecule has 0 spiro atoms. The van der Waals surface area contributed by atoms with Gasteiger partial charge in [-0.15, -0.1) is 0 Å². The number of aromatic amines is 1. The number of carboxylic acid groups (broad SMARTS) is 1. The number of carboxylic acids is 1. The number of aryl methyl sites for hydroxylation is 2. The van der Waals surface area contributed by atoms with E-state index in [-0.39, 0.29) is 11.4 Å². The van der Waals surface area contributed by atoms with E-state index in [1.165, 1.54) is 0 Å². The fourth-order valence-corrected chi connectivity index (χ4v) is 1.80. The van der Waals surface area contributed by atoms with E-state index in [0.29, 0.717) is 5.69 Å². The van der Waals surface area contributed by atoms with E-state index < -0.39 is 5.97 Å². The van der Waals surface area contributed by atoms with Gasteiger partial charge in [0, 0.05) is 5.56 Å². The molecule has 0 amide bonds. The van der Waals surface area contributed by atoms with Crippen LogP contribution in [0.15, 0.2) is 18.2 Å². The average Bonchev–Trinajstić information content (AvgIpc) is 2.60. The first kappa shape index (κ1) is 11.2. The highest BCUT2D eigenvalue weighted by molar-refractivity contribution is 5.95. The van der Waals surface area contributed by atoms with E-state index in [1.807, 2.05) is 32.0 Å². The minimum atomic E-state index is -1.11. The van der Waals surface area contributed by atoms with Gasteiger partial charge in [-0.05, 0) is 19.4 Å². The molecule has 0 saturated heterocycles. The smallest absolute Gasteiger partial charge is 0.356 e. The minimum absolute atomic E-state index is 0.0695. The van der Waals surface area contributed by atoms with Gasteiger partial charge in [0.2, 0.25) is 0 Å². The zero-order valence-corrected chi connectivity index (χ0v) is 9.61. The monoisotopic (exact) mass is 231 g/mol. The maximum absolute atomic E-state index is 10.9. The lowest BCUT2D eigenvalue weighted by Gasteiger charge is -2.04. The minimum Gasteiger partial charge on any atom is -0.476 e. The second-order valence-electron chi connectivity index (χ2n) is 3.98. The molecule has 1 aromatic heterocycles. The maximum atomic E-state index is 10.9. The lowest BCUT2D eigenvalue weighted by atomic mass is 10.0. The fourth-order valence-electron chi connectivity index (χ4n) is 1.80. The molecular weight excluding hydrogens is 218 g/mol. The Balaban J connectivity index is 2.57. The summed E-state index contributed by atoms with van der Waals surface area (Å²) in [6.07, 6.45) is 0. The van der Waals surface area contributed by atoms with Crippen molar-refractivity contribution in [3.63, 3.8) is 0 Å². The fraction of sp³-hybridized carbons (Fsp3) is 0.167. The summed E-state index contributed by atoms with van der Waals surface area (Å²) in [6.45, 7) is 3.93. The summed E-state index contributed by atoms with van der Waals surface area (Å²) in [5.41, 5.74) is 9.35. The quantitative estimate of drug-likeness (QED) is 0.736. The predicted molar refractivity (Wildman–Crippen MR) is 64.9 cm³/mol. The molecule has 0 atom stereocenters. The number of aromatic nitrogens is 2. The number of benzene rings is 1. The molecule has 1 aromatic carbocycles. The van der Waals surface area contributed by atoms with Crippen LogP contribution in [-0.4, -0.2) is 21.3 Å². The van der Waals surface area contributed by atoms with Crippen molar-refractivity contribution < 1.29 is 9.90 Å². The Bertz CT molecular complexity index is 587. The number of aromatic carboxylic acids is 1. The third-order valence-electron chi connectivity index (χ3n) is 2.65. The van der Waals surface area contributed by atoms with Crippen LogP contribution in [0.25, 0.3) is 11.3 Å². The van der Waals surface area contributed by atoms with Crippen molar-refractivity contribution in [2.75, 3.05) is 5.73 Å². The van der Waals surface area contributed by atoms with Gasteiger partial charge in [0.1, 0.15) is 5.69 Å². The first-order valence-corrected chi connectivity index (χ1v) is 5.15. The standard InChI is InChI=1S/C12H13N3O2/c1-6-3-4-8(7(2)5-6)10-9(13)11(12(16)17)15-14-10/h3-5H,13H2,1-2H3,(H,14,15)(H,16,17). The van der Waals surface area contributed by atoms with E-state index in [0.717, 1.165) is 16.7 Å². The Kier molecular flexibility index (Phi) is 2.59. The Labute approximate surface area is 98.3 Å². The molecule has 1 heterocycles. The number of carbonyl (C=O) groups is 1. The molecule has 5 heteroatoms. The molecule has 0 fully saturated rings. The zero-order chi connectivity index (χ0) is 12.6. The van der Waals surface area contributed by atoms with Crippen LogP contribution in [0.5, 0.6) is 0 Å². The van der Waals surface area contributed by atoms with Crippen molar-refractivity contribution in [1.82, 2.24) is 10.2 Å². The number of nitrogens with zero attached hydrogens (tertiary/aromatic N) is 1. The van der Waals surface area contributed by atoms with Crippen molar-refractivity contribution in [2.45, 2.75) is 13.8 Å². The van der Waals surface area contributed by atoms with Crippen LogP contribution in [-0.2, 0) is 0 Å². The highest BCUT2D eigenvalue weighted by Gasteiger charge is 2.17. The van der Waals surface area contributed by atoms with Gasteiger partial charge in [0.25, 0.3) is 0 Å². The Morgan fingerprint density at radius 1 is 1.41 bits per heavy atom. The number of anilines is 1. The van der Waals surface area contributed by atoms with Gasteiger partial charge in [-0.25, -0.2) is 4.79 Å².